The summed E-state index contributed by atoms with van der Waals surface area (Å²) in [4.78, 5) is 19.5. The van der Waals surface area contributed by atoms with Crippen molar-refractivity contribution in [3.63, 3.8) is 0 Å². The number of carbonyl (C=O) groups excluding carboxylic acids is 1. The summed E-state index contributed by atoms with van der Waals surface area (Å²) in [5, 5.41) is 15.0. The Balaban J connectivity index is 1.59. The van der Waals surface area contributed by atoms with Gasteiger partial charge in [0.2, 0.25) is 5.91 Å². The van der Waals surface area contributed by atoms with E-state index in [2.05, 4.69) is 25.8 Å². The first-order valence-electron chi connectivity index (χ1n) is 10.8. The zero-order valence-electron chi connectivity index (χ0n) is 19.5. The van der Waals surface area contributed by atoms with Crippen LogP contribution < -0.4 is 15.5 Å². The van der Waals surface area contributed by atoms with Gasteiger partial charge in [-0.05, 0) is 29.8 Å². The molecule has 1 amide bonds. The van der Waals surface area contributed by atoms with E-state index in [1.807, 2.05) is 49.5 Å². The van der Waals surface area contributed by atoms with Crippen LogP contribution in [0.25, 0.3) is 11.3 Å². The Bertz CT molecular complexity index is 1280. The number of carbonyl (C=O) groups is 1. The molecule has 4 aromatic rings. The number of aryl methyl sites for hydroxylation is 2. The molecule has 0 spiro atoms. The van der Waals surface area contributed by atoms with Crippen molar-refractivity contribution in [2.45, 2.75) is 12.5 Å². The van der Waals surface area contributed by atoms with Gasteiger partial charge in [0.25, 0.3) is 0 Å². The number of pyridine rings is 1. The van der Waals surface area contributed by atoms with Crippen LogP contribution in [0.5, 0.6) is 0 Å². The standard InChI is InChI=1S/C24H27FN8O/c1-26-21-14-17(9-11-27-21)19-15-23(33(4)29-19)28-24(34)20(13-16-5-7-18(25)8-6-16)32(3)22-10-12-31(2)30-22/h5-12,14-15,20H,13H2,1-4H3,(H,26,27)(H,28,34)/t20-/m0/s1. The number of hydrogen-bond donors (Lipinski definition) is 2. The molecule has 9 nitrogen and oxygen atoms in total. The second kappa shape index (κ2) is 9.74. The zero-order chi connectivity index (χ0) is 24.2. The normalized spacial score (nSPS) is 11.8. The Morgan fingerprint density at radius 2 is 1.88 bits per heavy atom. The van der Waals surface area contributed by atoms with Crippen LogP contribution in [0.1, 0.15) is 5.56 Å². The first kappa shape index (κ1) is 23.0. The van der Waals surface area contributed by atoms with Crippen molar-refractivity contribution >= 4 is 23.4 Å². The molecule has 0 radical (unpaired) electrons. The highest BCUT2D eigenvalue weighted by atomic mass is 19.1. The third-order valence-electron chi connectivity index (χ3n) is 5.62. The predicted octanol–water partition coefficient (Wildman–Crippen LogP) is 3.08. The van der Waals surface area contributed by atoms with E-state index in [4.69, 9.17) is 0 Å². The maximum absolute atomic E-state index is 13.5. The lowest BCUT2D eigenvalue weighted by Crippen LogP contribution is -2.44. The monoisotopic (exact) mass is 462 g/mol. The van der Waals surface area contributed by atoms with Crippen LogP contribution in [0.4, 0.5) is 21.8 Å². The molecule has 4 rings (SSSR count). The minimum Gasteiger partial charge on any atom is -0.373 e. The summed E-state index contributed by atoms with van der Waals surface area (Å²) < 4.78 is 16.7. The van der Waals surface area contributed by atoms with Crippen LogP contribution in [0.2, 0.25) is 0 Å². The fourth-order valence-electron chi connectivity index (χ4n) is 3.66. The first-order valence-corrected chi connectivity index (χ1v) is 10.8. The van der Waals surface area contributed by atoms with Gasteiger partial charge in [0.15, 0.2) is 5.82 Å². The Labute approximate surface area is 197 Å². The van der Waals surface area contributed by atoms with Crippen molar-refractivity contribution in [1.82, 2.24) is 24.5 Å². The van der Waals surface area contributed by atoms with Crippen molar-refractivity contribution in [3.05, 3.63) is 72.3 Å². The quantitative estimate of drug-likeness (QED) is 0.418. The van der Waals surface area contributed by atoms with Crippen molar-refractivity contribution < 1.29 is 9.18 Å². The summed E-state index contributed by atoms with van der Waals surface area (Å²) in [5.74, 6) is 1.40. The number of halogens is 1. The topological polar surface area (TPSA) is 92.9 Å². The van der Waals surface area contributed by atoms with Crippen molar-refractivity contribution in [1.29, 1.82) is 0 Å². The van der Waals surface area contributed by atoms with Gasteiger partial charge in [-0.25, -0.2) is 9.37 Å². The molecule has 3 heterocycles. The van der Waals surface area contributed by atoms with Crippen LogP contribution in [-0.4, -0.2) is 50.6 Å². The number of nitrogens with one attached hydrogen (secondary N) is 2. The highest BCUT2D eigenvalue weighted by Gasteiger charge is 2.26. The Hall–Kier alpha value is -4.21. The predicted molar refractivity (Wildman–Crippen MR) is 130 cm³/mol. The number of rotatable bonds is 8. The van der Waals surface area contributed by atoms with Gasteiger partial charge in [-0.2, -0.15) is 10.2 Å². The molecule has 0 aliphatic heterocycles. The van der Waals surface area contributed by atoms with Crippen molar-refractivity contribution in [3.8, 4) is 11.3 Å². The van der Waals surface area contributed by atoms with E-state index in [-0.39, 0.29) is 11.7 Å². The van der Waals surface area contributed by atoms with E-state index in [0.717, 1.165) is 16.9 Å². The number of amides is 1. The molecular weight excluding hydrogens is 435 g/mol. The van der Waals surface area contributed by atoms with Gasteiger partial charge in [0, 0.05) is 64.7 Å². The lowest BCUT2D eigenvalue weighted by atomic mass is 10.0. The van der Waals surface area contributed by atoms with Gasteiger partial charge < -0.3 is 15.5 Å². The SMILES string of the molecule is CNc1cc(-c2cc(NC(=O)[C@H](Cc3ccc(F)cc3)N(C)c3ccn(C)n3)n(C)n2)ccn1. The number of likely N-dealkylation sites (N-methyl/N-ethyl adjacent to an activating group) is 1. The summed E-state index contributed by atoms with van der Waals surface area (Å²) in [6, 6.07) is 13.0. The smallest absolute Gasteiger partial charge is 0.248 e. The fourth-order valence-corrected chi connectivity index (χ4v) is 3.66. The van der Waals surface area contributed by atoms with E-state index >= 15 is 0 Å². The molecule has 10 heteroatoms. The molecule has 34 heavy (non-hydrogen) atoms. The lowest BCUT2D eigenvalue weighted by molar-refractivity contribution is -0.117. The Kier molecular flexibility index (Phi) is 6.58. The molecule has 1 atom stereocenters. The summed E-state index contributed by atoms with van der Waals surface area (Å²) in [6.45, 7) is 0. The highest BCUT2D eigenvalue weighted by Crippen LogP contribution is 2.24. The summed E-state index contributed by atoms with van der Waals surface area (Å²) in [6.07, 6.45) is 3.90. The number of benzene rings is 1. The molecule has 0 fully saturated rings. The highest BCUT2D eigenvalue weighted by molar-refractivity contribution is 5.96. The van der Waals surface area contributed by atoms with E-state index in [1.54, 1.807) is 41.8 Å². The van der Waals surface area contributed by atoms with Gasteiger partial charge in [-0.1, -0.05) is 12.1 Å². The third kappa shape index (κ3) is 5.06. The molecule has 0 saturated heterocycles. The van der Waals surface area contributed by atoms with Crippen molar-refractivity contribution in [2.75, 3.05) is 29.6 Å². The van der Waals surface area contributed by atoms with Crippen LogP contribution in [0.3, 0.4) is 0 Å². The second-order valence-electron chi connectivity index (χ2n) is 8.01. The van der Waals surface area contributed by atoms with E-state index in [1.165, 1.54) is 12.1 Å². The third-order valence-corrected chi connectivity index (χ3v) is 5.62. The zero-order valence-corrected chi connectivity index (χ0v) is 19.5. The average molecular weight is 463 g/mol. The number of hydrogen-bond acceptors (Lipinski definition) is 6. The number of anilines is 3. The molecular formula is C24H27FN8O. The van der Waals surface area contributed by atoms with E-state index < -0.39 is 6.04 Å². The molecule has 0 unspecified atom stereocenters. The van der Waals surface area contributed by atoms with Crippen LogP contribution in [-0.2, 0) is 25.3 Å². The fraction of sp³-hybridized carbons (Fsp3) is 0.250. The van der Waals surface area contributed by atoms with Crippen LogP contribution in [0, 0.1) is 5.82 Å². The van der Waals surface area contributed by atoms with Gasteiger partial charge >= 0.3 is 0 Å². The van der Waals surface area contributed by atoms with Crippen LogP contribution in [0.15, 0.2) is 60.9 Å². The van der Waals surface area contributed by atoms with Gasteiger partial charge in [-0.3, -0.25) is 14.2 Å². The maximum Gasteiger partial charge on any atom is 0.248 e. The first-order chi connectivity index (χ1) is 16.3. The lowest BCUT2D eigenvalue weighted by Gasteiger charge is -2.27. The minimum absolute atomic E-state index is 0.224. The summed E-state index contributed by atoms with van der Waals surface area (Å²) in [5.41, 5.74) is 2.43. The molecule has 3 aromatic heterocycles. The van der Waals surface area contributed by atoms with Crippen molar-refractivity contribution in [2.24, 2.45) is 14.1 Å². The van der Waals surface area contributed by atoms with E-state index in [0.29, 0.717) is 23.8 Å². The molecule has 2 N–H and O–H groups in total. The van der Waals surface area contributed by atoms with E-state index in [9.17, 15) is 9.18 Å². The Morgan fingerprint density at radius 1 is 1.12 bits per heavy atom. The second-order valence-corrected chi connectivity index (χ2v) is 8.01. The van der Waals surface area contributed by atoms with Gasteiger partial charge in [-0.15, -0.1) is 0 Å². The number of aromatic nitrogens is 5. The minimum atomic E-state index is -0.587. The van der Waals surface area contributed by atoms with Gasteiger partial charge in [0.05, 0.1) is 5.69 Å². The number of nitrogens with zero attached hydrogens (tertiary/aromatic N) is 6. The summed E-state index contributed by atoms with van der Waals surface area (Å²) in [7, 11) is 7.22. The molecule has 0 bridgehead atoms. The largest absolute Gasteiger partial charge is 0.373 e. The Morgan fingerprint density at radius 3 is 2.56 bits per heavy atom. The molecule has 0 aliphatic rings. The molecule has 1 aromatic carbocycles. The van der Waals surface area contributed by atoms with Gasteiger partial charge in [0.1, 0.15) is 23.5 Å². The maximum atomic E-state index is 13.5. The molecule has 0 saturated carbocycles. The molecule has 176 valence electrons. The molecule has 0 aliphatic carbocycles. The van der Waals surface area contributed by atoms with Crippen LogP contribution >= 0.6 is 0 Å². The summed E-state index contributed by atoms with van der Waals surface area (Å²) >= 11 is 0. The average Bonchev–Trinajstić information content (AvgIpc) is 3.43.